The largest absolute Gasteiger partial charge is 0.293 e. The summed E-state index contributed by atoms with van der Waals surface area (Å²) >= 11 is 1.87. The molecular weight excluding hydrogens is 284 g/mol. The van der Waals surface area contributed by atoms with Gasteiger partial charge in [0.15, 0.2) is 5.78 Å². The van der Waals surface area contributed by atoms with E-state index in [0.717, 1.165) is 0 Å². The minimum Gasteiger partial charge on any atom is -0.293 e. The zero-order valence-electron chi connectivity index (χ0n) is 6.55. The molecule has 0 aliphatic rings. The van der Waals surface area contributed by atoms with Gasteiger partial charge in [-0.15, -0.1) is 0 Å². The van der Waals surface area contributed by atoms with Gasteiger partial charge in [0.2, 0.25) is 0 Å². The average molecular weight is 289 g/mol. The van der Waals surface area contributed by atoms with Crippen LogP contribution in [0.4, 0.5) is 4.39 Å². The number of rotatable bonds is 2. The number of hydrogen-bond donors (Lipinski definition) is 0. The van der Waals surface area contributed by atoms with Crippen LogP contribution in [0.15, 0.2) is 18.2 Å². The maximum atomic E-state index is 12.6. The van der Waals surface area contributed by atoms with Gasteiger partial charge in [-0.3, -0.25) is 4.79 Å². The third kappa shape index (κ3) is 2.49. The van der Waals surface area contributed by atoms with E-state index in [1.165, 1.54) is 18.2 Å². The fourth-order valence-electron chi connectivity index (χ4n) is 0.883. The van der Waals surface area contributed by atoms with Gasteiger partial charge in [-0.05, 0) is 40.8 Å². The number of halogens is 2. The van der Waals surface area contributed by atoms with Crippen molar-refractivity contribution < 1.29 is 9.18 Å². The zero-order chi connectivity index (χ0) is 9.84. The summed E-state index contributed by atoms with van der Waals surface area (Å²) in [6.45, 7) is 0. The van der Waals surface area contributed by atoms with Gasteiger partial charge in [0.25, 0.3) is 0 Å². The molecule has 0 aliphatic heterocycles. The van der Waals surface area contributed by atoms with E-state index in [9.17, 15) is 9.18 Å². The van der Waals surface area contributed by atoms with Gasteiger partial charge in [0, 0.05) is 9.13 Å². The van der Waals surface area contributed by atoms with E-state index in [2.05, 4.69) is 0 Å². The Labute approximate surface area is 88.5 Å². The minimum absolute atomic E-state index is 0.165. The molecule has 0 heterocycles. The van der Waals surface area contributed by atoms with Gasteiger partial charge in [0.1, 0.15) is 5.82 Å². The Morgan fingerprint density at radius 1 is 1.62 bits per heavy atom. The van der Waals surface area contributed by atoms with E-state index < -0.39 is 0 Å². The molecule has 0 fully saturated rings. The molecule has 0 saturated carbocycles. The van der Waals surface area contributed by atoms with Gasteiger partial charge < -0.3 is 0 Å². The lowest BCUT2D eigenvalue weighted by Crippen LogP contribution is -2.00. The lowest BCUT2D eigenvalue weighted by molar-refractivity contribution is 0.0997. The van der Waals surface area contributed by atoms with E-state index >= 15 is 0 Å². The standard InChI is InChI=1S/C9H5FINO/c10-6-1-2-7(8(11)5-6)9(13)3-4-12/h1-2,5H,3H2. The van der Waals surface area contributed by atoms with Crippen molar-refractivity contribution >= 4 is 28.4 Å². The molecule has 2 nitrogen and oxygen atoms in total. The molecule has 0 saturated heterocycles. The molecule has 4 heteroatoms. The van der Waals surface area contributed by atoms with Crippen LogP contribution in [0.3, 0.4) is 0 Å². The number of hydrogen-bond acceptors (Lipinski definition) is 2. The van der Waals surface area contributed by atoms with Crippen molar-refractivity contribution in [1.29, 1.82) is 5.26 Å². The van der Waals surface area contributed by atoms with Crippen LogP contribution in [0.2, 0.25) is 0 Å². The van der Waals surface area contributed by atoms with Gasteiger partial charge in [-0.2, -0.15) is 5.26 Å². The smallest absolute Gasteiger partial charge is 0.177 e. The highest BCUT2D eigenvalue weighted by Gasteiger charge is 2.09. The quantitative estimate of drug-likeness (QED) is 0.620. The lowest BCUT2D eigenvalue weighted by atomic mass is 10.1. The number of benzene rings is 1. The Hall–Kier alpha value is -0.960. The van der Waals surface area contributed by atoms with Gasteiger partial charge in [-0.25, -0.2) is 4.39 Å². The molecule has 66 valence electrons. The third-order valence-corrected chi connectivity index (χ3v) is 2.36. The molecule has 0 spiro atoms. The maximum absolute atomic E-state index is 12.6. The second-order valence-corrected chi connectivity index (χ2v) is 3.54. The van der Waals surface area contributed by atoms with Gasteiger partial charge >= 0.3 is 0 Å². The summed E-state index contributed by atoms with van der Waals surface area (Å²) in [5.41, 5.74) is 0.406. The minimum atomic E-state index is -0.377. The highest BCUT2D eigenvalue weighted by atomic mass is 127. The Morgan fingerprint density at radius 2 is 2.31 bits per heavy atom. The van der Waals surface area contributed by atoms with Crippen LogP contribution in [-0.4, -0.2) is 5.78 Å². The van der Waals surface area contributed by atoms with E-state index in [0.29, 0.717) is 9.13 Å². The topological polar surface area (TPSA) is 40.9 Å². The SMILES string of the molecule is N#CCC(=O)c1ccc(F)cc1I. The normalized spacial score (nSPS) is 9.31. The predicted molar refractivity (Wildman–Crippen MR) is 53.7 cm³/mol. The first-order valence-electron chi connectivity index (χ1n) is 3.50. The highest BCUT2D eigenvalue weighted by Crippen LogP contribution is 2.15. The second kappa shape index (κ2) is 4.33. The Balaban J connectivity index is 3.03. The molecule has 13 heavy (non-hydrogen) atoms. The van der Waals surface area contributed by atoms with E-state index in [4.69, 9.17) is 5.26 Å². The Morgan fingerprint density at radius 3 is 2.85 bits per heavy atom. The fourth-order valence-corrected chi connectivity index (χ4v) is 1.66. The van der Waals surface area contributed by atoms with Crippen LogP contribution in [0.1, 0.15) is 16.8 Å². The summed E-state index contributed by atoms with van der Waals surface area (Å²) in [6.07, 6.45) is -0.165. The summed E-state index contributed by atoms with van der Waals surface area (Å²) in [4.78, 5) is 11.2. The van der Waals surface area contributed by atoms with Crippen LogP contribution in [0.25, 0.3) is 0 Å². The van der Waals surface area contributed by atoms with E-state index in [-0.39, 0.29) is 18.0 Å². The molecule has 0 aromatic heterocycles. The van der Waals surface area contributed by atoms with Crippen LogP contribution in [0, 0.1) is 20.7 Å². The van der Waals surface area contributed by atoms with Crippen LogP contribution in [-0.2, 0) is 0 Å². The van der Waals surface area contributed by atoms with Crippen LogP contribution in [0.5, 0.6) is 0 Å². The summed E-state index contributed by atoms with van der Waals surface area (Å²) < 4.78 is 13.2. The van der Waals surface area contributed by atoms with Crippen molar-refractivity contribution in [1.82, 2.24) is 0 Å². The summed E-state index contributed by atoms with van der Waals surface area (Å²) in [5, 5.41) is 8.30. The van der Waals surface area contributed by atoms with Crippen molar-refractivity contribution in [2.45, 2.75) is 6.42 Å². The van der Waals surface area contributed by atoms with Gasteiger partial charge in [0.05, 0.1) is 12.5 Å². The molecule has 0 amide bonds. The fraction of sp³-hybridized carbons (Fsp3) is 0.111. The highest BCUT2D eigenvalue weighted by molar-refractivity contribution is 14.1. The average Bonchev–Trinajstić information content (AvgIpc) is 2.04. The third-order valence-electron chi connectivity index (χ3n) is 1.47. The molecule has 0 aliphatic carbocycles. The van der Waals surface area contributed by atoms with Crippen LogP contribution >= 0.6 is 22.6 Å². The number of carbonyl (C=O) groups excluding carboxylic acids is 1. The Bertz CT molecular complexity index is 384. The molecule has 0 radical (unpaired) electrons. The number of nitrogens with zero attached hydrogens (tertiary/aromatic N) is 1. The molecule has 0 atom stereocenters. The van der Waals surface area contributed by atoms with Crippen molar-refractivity contribution in [2.75, 3.05) is 0 Å². The van der Waals surface area contributed by atoms with Crippen molar-refractivity contribution in [2.24, 2.45) is 0 Å². The number of Topliss-reactive ketones (excluding diaryl/α,β-unsaturated/α-hetero) is 1. The number of carbonyl (C=O) groups is 1. The Kier molecular flexibility index (Phi) is 3.37. The molecule has 0 N–H and O–H groups in total. The molecule has 0 bridgehead atoms. The monoisotopic (exact) mass is 289 g/mol. The van der Waals surface area contributed by atoms with Crippen LogP contribution < -0.4 is 0 Å². The maximum Gasteiger partial charge on any atom is 0.177 e. The summed E-state index contributed by atoms with van der Waals surface area (Å²) in [5.74, 6) is -0.648. The lowest BCUT2D eigenvalue weighted by Gasteiger charge is -1.99. The molecule has 1 aromatic carbocycles. The summed E-state index contributed by atoms with van der Waals surface area (Å²) in [7, 11) is 0. The molecule has 1 aromatic rings. The first kappa shape index (κ1) is 10.1. The van der Waals surface area contributed by atoms with Crippen molar-refractivity contribution in [3.05, 3.63) is 33.1 Å². The molecular formula is C9H5FINO. The first-order chi connectivity index (χ1) is 6.15. The van der Waals surface area contributed by atoms with Gasteiger partial charge in [-0.1, -0.05) is 0 Å². The second-order valence-electron chi connectivity index (χ2n) is 2.38. The summed E-state index contributed by atoms with van der Waals surface area (Å²) in [6, 6.07) is 5.64. The number of nitriles is 1. The first-order valence-corrected chi connectivity index (χ1v) is 4.58. The molecule has 1 rings (SSSR count). The number of ketones is 1. The van der Waals surface area contributed by atoms with E-state index in [1.54, 1.807) is 6.07 Å². The van der Waals surface area contributed by atoms with Crippen molar-refractivity contribution in [3.63, 3.8) is 0 Å². The zero-order valence-corrected chi connectivity index (χ0v) is 8.71. The van der Waals surface area contributed by atoms with E-state index in [1.807, 2.05) is 22.6 Å². The predicted octanol–water partition coefficient (Wildman–Crippen LogP) is 2.53. The van der Waals surface area contributed by atoms with Crippen molar-refractivity contribution in [3.8, 4) is 6.07 Å². The molecule has 0 unspecified atom stereocenters.